The molecule has 0 spiro atoms. The molecule has 2 heterocycles. The fraction of sp³-hybridized carbons (Fsp3) is 0.333. The number of aromatic nitrogens is 3. The van der Waals surface area contributed by atoms with Crippen LogP contribution in [0.4, 0.5) is 0 Å². The van der Waals surface area contributed by atoms with Gasteiger partial charge in [0.25, 0.3) is 0 Å². The van der Waals surface area contributed by atoms with Crippen molar-refractivity contribution in [2.24, 2.45) is 0 Å². The third kappa shape index (κ3) is 2.15. The molecule has 104 valence electrons. The Morgan fingerprint density at radius 2 is 2.05 bits per heavy atom. The monoisotopic (exact) mass is 272 g/mol. The van der Waals surface area contributed by atoms with Gasteiger partial charge < -0.3 is 9.47 Å². The van der Waals surface area contributed by atoms with Crippen LogP contribution in [0.3, 0.4) is 0 Å². The molecule has 0 amide bonds. The van der Waals surface area contributed by atoms with Gasteiger partial charge in [0.2, 0.25) is 0 Å². The Labute approximate surface area is 117 Å². The van der Waals surface area contributed by atoms with Crippen LogP contribution in [0.5, 0.6) is 11.6 Å². The van der Waals surface area contributed by atoms with Gasteiger partial charge in [-0.1, -0.05) is 0 Å². The molecule has 2 aromatic heterocycles. The van der Waals surface area contributed by atoms with Crippen LogP contribution in [-0.2, 0) is 0 Å². The second kappa shape index (κ2) is 4.37. The Bertz CT molecular complexity index is 772. The Morgan fingerprint density at radius 3 is 2.75 bits per heavy atom. The van der Waals surface area contributed by atoms with Crippen LogP contribution in [0, 0.1) is 0 Å². The highest BCUT2D eigenvalue weighted by Gasteiger charge is 2.22. The minimum atomic E-state index is -0.300. The topological polar surface area (TPSA) is 51.2 Å². The first-order valence-corrected chi connectivity index (χ1v) is 6.53. The van der Waals surface area contributed by atoms with Crippen LogP contribution >= 0.6 is 0 Å². The van der Waals surface area contributed by atoms with E-state index in [1.54, 1.807) is 7.11 Å². The van der Waals surface area contributed by atoms with Gasteiger partial charge in [-0.15, -0.1) is 0 Å². The molecule has 0 saturated heterocycles. The third-order valence-corrected chi connectivity index (χ3v) is 2.95. The van der Waals surface area contributed by atoms with Gasteiger partial charge in [-0.2, -0.15) is 4.40 Å². The highest BCUT2D eigenvalue weighted by molar-refractivity contribution is 5.75. The standard InChI is InChI=1S/C15H17N3O2/c1-15(2,3)20-14-13-16-7-8-18(13)12-9-10(19-4)5-6-11(12)17-14/h5-9H,1-4H3/p+1. The Kier molecular flexibility index (Phi) is 2.78. The number of imidazole rings is 1. The van der Waals surface area contributed by atoms with Crippen molar-refractivity contribution in [1.82, 2.24) is 9.97 Å². The van der Waals surface area contributed by atoms with Crippen LogP contribution in [0.1, 0.15) is 20.8 Å². The van der Waals surface area contributed by atoms with Crippen LogP contribution in [0.15, 0.2) is 30.6 Å². The van der Waals surface area contributed by atoms with E-state index in [0.29, 0.717) is 5.88 Å². The number of hydrogen-bond donors (Lipinski definition) is 1. The number of aromatic amines is 1. The van der Waals surface area contributed by atoms with Crippen molar-refractivity contribution in [3.05, 3.63) is 30.6 Å². The molecule has 20 heavy (non-hydrogen) atoms. The molecule has 0 fully saturated rings. The first kappa shape index (κ1) is 12.7. The van der Waals surface area contributed by atoms with Crippen molar-refractivity contribution in [1.29, 1.82) is 0 Å². The molecule has 0 aliphatic carbocycles. The normalized spacial score (nSPS) is 12.0. The van der Waals surface area contributed by atoms with Crippen LogP contribution in [-0.4, -0.2) is 22.7 Å². The zero-order valence-corrected chi connectivity index (χ0v) is 12.1. The highest BCUT2D eigenvalue weighted by atomic mass is 16.5. The van der Waals surface area contributed by atoms with E-state index in [2.05, 4.69) is 9.97 Å². The minimum absolute atomic E-state index is 0.300. The Balaban J connectivity index is 2.29. The first-order valence-electron chi connectivity index (χ1n) is 6.53. The predicted molar refractivity (Wildman–Crippen MR) is 76.2 cm³/mol. The Hall–Kier alpha value is -2.30. The maximum Gasteiger partial charge on any atom is 0.348 e. The first-order chi connectivity index (χ1) is 9.48. The van der Waals surface area contributed by atoms with Gasteiger partial charge in [0, 0.05) is 6.07 Å². The largest absolute Gasteiger partial charge is 0.497 e. The zero-order valence-electron chi connectivity index (χ0n) is 12.1. The summed E-state index contributed by atoms with van der Waals surface area (Å²) < 4.78 is 13.2. The van der Waals surface area contributed by atoms with E-state index in [1.807, 2.05) is 55.8 Å². The SMILES string of the molecule is COc1ccc2nc(OC(C)(C)C)c3[nH]cc[n+]3c2c1. The van der Waals surface area contributed by atoms with Gasteiger partial charge in [0.05, 0.1) is 7.11 Å². The smallest absolute Gasteiger partial charge is 0.348 e. The second-order valence-electron chi connectivity index (χ2n) is 5.66. The summed E-state index contributed by atoms with van der Waals surface area (Å²) in [7, 11) is 1.66. The quantitative estimate of drug-likeness (QED) is 0.729. The number of hydrogen-bond acceptors (Lipinski definition) is 3. The van der Waals surface area contributed by atoms with Crippen molar-refractivity contribution < 1.29 is 13.9 Å². The summed E-state index contributed by atoms with van der Waals surface area (Å²) in [6.45, 7) is 6.02. The molecule has 5 heteroatoms. The number of methoxy groups -OCH3 is 1. The number of benzene rings is 1. The molecule has 3 rings (SSSR count). The molecular weight excluding hydrogens is 254 g/mol. The molecule has 0 radical (unpaired) electrons. The third-order valence-electron chi connectivity index (χ3n) is 2.95. The lowest BCUT2D eigenvalue weighted by atomic mass is 10.2. The van der Waals surface area contributed by atoms with E-state index in [0.717, 1.165) is 22.4 Å². The molecule has 0 unspecified atom stereocenters. The lowest BCUT2D eigenvalue weighted by Crippen LogP contribution is -2.28. The number of nitrogens with zero attached hydrogens (tertiary/aromatic N) is 2. The molecule has 5 nitrogen and oxygen atoms in total. The Morgan fingerprint density at radius 1 is 1.25 bits per heavy atom. The van der Waals surface area contributed by atoms with Crippen LogP contribution < -0.4 is 13.9 Å². The molecule has 1 aromatic carbocycles. The van der Waals surface area contributed by atoms with Gasteiger partial charge in [-0.05, 0) is 32.9 Å². The van der Waals surface area contributed by atoms with E-state index in [9.17, 15) is 0 Å². The van der Waals surface area contributed by atoms with Crippen LogP contribution in [0.25, 0.3) is 16.7 Å². The van der Waals surface area contributed by atoms with Crippen molar-refractivity contribution in [2.75, 3.05) is 7.11 Å². The fourth-order valence-electron chi connectivity index (χ4n) is 2.14. The molecule has 3 aromatic rings. The van der Waals surface area contributed by atoms with Gasteiger partial charge in [-0.3, -0.25) is 0 Å². The van der Waals surface area contributed by atoms with Crippen LogP contribution in [0.2, 0.25) is 0 Å². The van der Waals surface area contributed by atoms with E-state index in [4.69, 9.17) is 9.47 Å². The maximum absolute atomic E-state index is 5.94. The summed E-state index contributed by atoms with van der Waals surface area (Å²) in [5, 5.41) is 0. The van der Waals surface area contributed by atoms with Gasteiger partial charge in [0.1, 0.15) is 29.3 Å². The molecule has 1 N–H and O–H groups in total. The molecule has 0 aliphatic rings. The van der Waals surface area contributed by atoms with Crippen molar-refractivity contribution in [3.8, 4) is 11.6 Å². The van der Waals surface area contributed by atoms with E-state index in [1.165, 1.54) is 0 Å². The fourth-order valence-corrected chi connectivity index (χ4v) is 2.14. The number of H-pyrrole nitrogens is 1. The average Bonchev–Trinajstić information content (AvgIpc) is 2.86. The van der Waals surface area contributed by atoms with E-state index in [-0.39, 0.29) is 5.60 Å². The summed E-state index contributed by atoms with van der Waals surface area (Å²) in [5.41, 5.74) is 2.37. The minimum Gasteiger partial charge on any atom is -0.497 e. The highest BCUT2D eigenvalue weighted by Crippen LogP contribution is 2.23. The molecule has 0 atom stereocenters. The summed E-state index contributed by atoms with van der Waals surface area (Å²) in [4.78, 5) is 7.78. The van der Waals surface area contributed by atoms with Gasteiger partial charge in [-0.25, -0.2) is 9.97 Å². The number of fused-ring (bicyclic) bond motifs is 3. The van der Waals surface area contributed by atoms with E-state index < -0.39 is 0 Å². The maximum atomic E-state index is 5.94. The van der Waals surface area contributed by atoms with Crippen molar-refractivity contribution >= 4 is 16.7 Å². The number of ether oxygens (including phenoxy) is 2. The summed E-state index contributed by atoms with van der Waals surface area (Å²) in [6, 6.07) is 5.79. The average molecular weight is 272 g/mol. The number of nitrogens with one attached hydrogen (secondary N) is 1. The van der Waals surface area contributed by atoms with Crippen molar-refractivity contribution in [2.45, 2.75) is 26.4 Å². The van der Waals surface area contributed by atoms with E-state index >= 15 is 0 Å². The predicted octanol–water partition coefficient (Wildman–Crippen LogP) is 2.49. The lowest BCUT2D eigenvalue weighted by molar-refractivity contribution is -0.480. The zero-order chi connectivity index (χ0) is 14.3. The number of rotatable bonds is 2. The van der Waals surface area contributed by atoms with Crippen molar-refractivity contribution in [3.63, 3.8) is 0 Å². The summed E-state index contributed by atoms with van der Waals surface area (Å²) in [5.74, 6) is 1.40. The lowest BCUT2D eigenvalue weighted by Gasteiger charge is -2.19. The molecule has 0 bridgehead atoms. The van der Waals surface area contributed by atoms with Gasteiger partial charge in [0.15, 0.2) is 5.52 Å². The summed E-state index contributed by atoms with van der Waals surface area (Å²) in [6.07, 6.45) is 3.82. The summed E-state index contributed by atoms with van der Waals surface area (Å²) >= 11 is 0. The molecule has 0 saturated carbocycles. The molecular formula is C15H18N3O2+. The van der Waals surface area contributed by atoms with Gasteiger partial charge >= 0.3 is 11.5 Å². The molecule has 0 aliphatic heterocycles. The second-order valence-corrected chi connectivity index (χ2v) is 5.66.